The molecular formula is C19H15BrN6O2. The normalized spacial score (nSPS) is 11.2. The van der Waals surface area contributed by atoms with E-state index in [1.165, 1.54) is 4.57 Å². The lowest BCUT2D eigenvalue weighted by molar-refractivity contribution is 0.633. The van der Waals surface area contributed by atoms with Gasteiger partial charge in [0.1, 0.15) is 5.82 Å². The molecule has 28 heavy (non-hydrogen) atoms. The van der Waals surface area contributed by atoms with Gasteiger partial charge < -0.3 is 4.57 Å². The largest absolute Gasteiger partial charge is 0.332 e. The molecule has 8 nitrogen and oxygen atoms in total. The first-order chi connectivity index (χ1) is 13.4. The maximum atomic E-state index is 13.1. The van der Waals surface area contributed by atoms with Crippen molar-refractivity contribution >= 4 is 38.0 Å². The highest BCUT2D eigenvalue weighted by atomic mass is 79.9. The molecule has 0 fully saturated rings. The molecule has 0 bridgehead atoms. The summed E-state index contributed by atoms with van der Waals surface area (Å²) in [7, 11) is 1.56. The second kappa shape index (κ2) is 6.73. The summed E-state index contributed by atoms with van der Waals surface area (Å²) < 4.78 is 4.37. The number of imidazole rings is 1. The van der Waals surface area contributed by atoms with Crippen LogP contribution in [0.15, 0.2) is 38.6 Å². The van der Waals surface area contributed by atoms with E-state index in [9.17, 15) is 9.59 Å². The number of benzene rings is 1. The van der Waals surface area contributed by atoms with E-state index in [2.05, 4.69) is 36.8 Å². The molecule has 0 saturated carbocycles. The van der Waals surface area contributed by atoms with Gasteiger partial charge in [-0.1, -0.05) is 24.1 Å². The Kier molecular flexibility index (Phi) is 4.35. The zero-order valence-corrected chi connectivity index (χ0v) is 16.8. The van der Waals surface area contributed by atoms with Gasteiger partial charge in [-0.3, -0.25) is 13.9 Å². The van der Waals surface area contributed by atoms with Crippen LogP contribution >= 0.6 is 15.9 Å². The molecule has 0 atom stereocenters. The molecule has 1 aromatic carbocycles. The van der Waals surface area contributed by atoms with Gasteiger partial charge in [0.25, 0.3) is 5.56 Å². The van der Waals surface area contributed by atoms with Gasteiger partial charge in [0, 0.05) is 18.1 Å². The summed E-state index contributed by atoms with van der Waals surface area (Å²) in [6.45, 7) is 1.97. The molecule has 0 aliphatic heterocycles. The number of rotatable bonds is 3. The van der Waals surface area contributed by atoms with Crippen LogP contribution in [-0.4, -0.2) is 28.7 Å². The predicted molar refractivity (Wildman–Crippen MR) is 109 cm³/mol. The third-order valence-corrected chi connectivity index (χ3v) is 5.18. The summed E-state index contributed by atoms with van der Waals surface area (Å²) in [6, 6.07) is 7.60. The van der Waals surface area contributed by atoms with Crippen molar-refractivity contribution in [3.05, 3.63) is 61.4 Å². The minimum absolute atomic E-state index is 0.0496. The Bertz CT molecular complexity index is 1410. The second-order valence-corrected chi connectivity index (χ2v) is 7.03. The second-order valence-electron chi connectivity index (χ2n) is 6.32. The van der Waals surface area contributed by atoms with Crippen molar-refractivity contribution in [3.8, 4) is 12.3 Å². The molecule has 3 aromatic heterocycles. The first-order valence-electron chi connectivity index (χ1n) is 8.43. The van der Waals surface area contributed by atoms with Crippen molar-refractivity contribution < 1.29 is 0 Å². The Morgan fingerprint density at radius 3 is 2.64 bits per heavy atom. The van der Waals surface area contributed by atoms with Gasteiger partial charge in [0.05, 0.1) is 18.6 Å². The van der Waals surface area contributed by atoms with Crippen LogP contribution in [0.5, 0.6) is 0 Å². The summed E-state index contributed by atoms with van der Waals surface area (Å²) in [6.07, 6.45) is 5.41. The summed E-state index contributed by atoms with van der Waals surface area (Å²) in [4.78, 5) is 39.1. The SMILES string of the molecule is C#CCn1c(Br)nc2c1c(=O)n(Cc1nc(C)c3ccccc3n1)c(=O)n2C. The molecule has 140 valence electrons. The van der Waals surface area contributed by atoms with E-state index in [4.69, 9.17) is 6.42 Å². The van der Waals surface area contributed by atoms with Crippen LogP contribution in [-0.2, 0) is 20.1 Å². The van der Waals surface area contributed by atoms with Crippen LogP contribution in [0.4, 0.5) is 0 Å². The zero-order chi connectivity index (χ0) is 20.0. The van der Waals surface area contributed by atoms with Gasteiger partial charge >= 0.3 is 5.69 Å². The van der Waals surface area contributed by atoms with Crippen LogP contribution in [0.3, 0.4) is 0 Å². The van der Waals surface area contributed by atoms with Crippen molar-refractivity contribution in [1.82, 2.24) is 28.7 Å². The summed E-state index contributed by atoms with van der Waals surface area (Å²) in [5.74, 6) is 2.88. The van der Waals surface area contributed by atoms with E-state index in [-0.39, 0.29) is 24.3 Å². The number of terminal acetylenes is 1. The lowest BCUT2D eigenvalue weighted by Gasteiger charge is -2.10. The van der Waals surface area contributed by atoms with E-state index < -0.39 is 11.2 Å². The number of para-hydroxylation sites is 1. The van der Waals surface area contributed by atoms with Crippen molar-refractivity contribution in [2.45, 2.75) is 20.0 Å². The van der Waals surface area contributed by atoms with Crippen LogP contribution in [0.25, 0.3) is 22.1 Å². The fraction of sp³-hybridized carbons (Fsp3) is 0.211. The zero-order valence-electron chi connectivity index (χ0n) is 15.2. The molecule has 9 heteroatoms. The molecule has 0 N–H and O–H groups in total. The minimum Gasteiger partial charge on any atom is -0.301 e. The van der Waals surface area contributed by atoms with E-state index in [1.54, 1.807) is 11.6 Å². The average Bonchev–Trinajstić information content (AvgIpc) is 3.01. The quantitative estimate of drug-likeness (QED) is 0.358. The molecule has 0 aliphatic carbocycles. The summed E-state index contributed by atoms with van der Waals surface area (Å²) >= 11 is 3.30. The van der Waals surface area contributed by atoms with Gasteiger partial charge in [-0.2, -0.15) is 0 Å². The molecule has 0 amide bonds. The molecule has 0 unspecified atom stereocenters. The van der Waals surface area contributed by atoms with Crippen molar-refractivity contribution in [3.63, 3.8) is 0 Å². The lowest BCUT2D eigenvalue weighted by atomic mass is 10.2. The standard InChI is InChI=1S/C19H15BrN6O2/c1-4-9-25-15-16(23-18(25)20)24(3)19(28)26(17(15)27)10-14-21-11(2)12-7-5-6-8-13(12)22-14/h1,5-8H,9-10H2,2-3H3. The van der Waals surface area contributed by atoms with E-state index in [0.717, 1.165) is 21.2 Å². The maximum absolute atomic E-state index is 13.1. The number of hydrogen-bond acceptors (Lipinski definition) is 5. The van der Waals surface area contributed by atoms with E-state index in [0.29, 0.717) is 10.6 Å². The average molecular weight is 439 g/mol. The van der Waals surface area contributed by atoms with Crippen molar-refractivity contribution in [2.24, 2.45) is 7.05 Å². The number of aromatic nitrogens is 6. The maximum Gasteiger partial charge on any atom is 0.332 e. The first-order valence-corrected chi connectivity index (χ1v) is 9.23. The Balaban J connectivity index is 1.95. The number of fused-ring (bicyclic) bond motifs is 2. The molecule has 0 aliphatic rings. The first kappa shape index (κ1) is 18.1. The molecule has 4 aromatic rings. The van der Waals surface area contributed by atoms with Crippen LogP contribution in [0.1, 0.15) is 11.5 Å². The third-order valence-electron chi connectivity index (χ3n) is 4.57. The highest BCUT2D eigenvalue weighted by Crippen LogP contribution is 2.17. The molecule has 4 rings (SSSR count). The third kappa shape index (κ3) is 2.73. The molecule has 0 spiro atoms. The molecule has 3 heterocycles. The number of aryl methyl sites for hydroxylation is 2. The molecular weight excluding hydrogens is 424 g/mol. The fourth-order valence-electron chi connectivity index (χ4n) is 3.23. The molecule has 0 saturated heterocycles. The van der Waals surface area contributed by atoms with E-state index in [1.807, 2.05) is 31.2 Å². The van der Waals surface area contributed by atoms with Crippen molar-refractivity contribution in [1.29, 1.82) is 0 Å². The van der Waals surface area contributed by atoms with Gasteiger partial charge in [-0.05, 0) is 28.9 Å². The fourth-order valence-corrected chi connectivity index (χ4v) is 3.70. The van der Waals surface area contributed by atoms with Gasteiger partial charge in [-0.15, -0.1) is 6.42 Å². The lowest BCUT2D eigenvalue weighted by Crippen LogP contribution is -2.40. The predicted octanol–water partition coefficient (Wildman–Crippen LogP) is 1.59. The van der Waals surface area contributed by atoms with Crippen LogP contribution < -0.4 is 11.2 Å². The Morgan fingerprint density at radius 2 is 1.89 bits per heavy atom. The van der Waals surface area contributed by atoms with Crippen molar-refractivity contribution in [2.75, 3.05) is 0 Å². The van der Waals surface area contributed by atoms with Gasteiger partial charge in [0.15, 0.2) is 15.9 Å². The van der Waals surface area contributed by atoms with Gasteiger partial charge in [0.2, 0.25) is 0 Å². The number of hydrogen-bond donors (Lipinski definition) is 0. The van der Waals surface area contributed by atoms with E-state index >= 15 is 0 Å². The summed E-state index contributed by atoms with van der Waals surface area (Å²) in [5.41, 5.74) is 1.09. The topological polar surface area (TPSA) is 87.6 Å². The highest BCUT2D eigenvalue weighted by Gasteiger charge is 2.19. The summed E-state index contributed by atoms with van der Waals surface area (Å²) in [5, 5.41) is 0.929. The Labute approximate surface area is 167 Å². The monoisotopic (exact) mass is 438 g/mol. The Morgan fingerprint density at radius 1 is 1.14 bits per heavy atom. The minimum atomic E-state index is -0.496. The van der Waals surface area contributed by atoms with Crippen LogP contribution in [0.2, 0.25) is 0 Å². The smallest absolute Gasteiger partial charge is 0.301 e. The highest BCUT2D eigenvalue weighted by molar-refractivity contribution is 9.10. The van der Waals surface area contributed by atoms with Gasteiger partial charge in [-0.25, -0.2) is 19.7 Å². The number of halogens is 1. The van der Waals surface area contributed by atoms with Crippen LogP contribution in [0, 0.1) is 19.3 Å². The Hall–Kier alpha value is -3.25. The molecule has 0 radical (unpaired) electrons. The number of nitrogens with zero attached hydrogens (tertiary/aromatic N) is 6.